The van der Waals surface area contributed by atoms with Crippen LogP contribution < -0.4 is 4.90 Å². The second kappa shape index (κ2) is 7.07. The van der Waals surface area contributed by atoms with Gasteiger partial charge in [0.1, 0.15) is 0 Å². The average Bonchev–Trinajstić information content (AvgIpc) is 2.85. The van der Waals surface area contributed by atoms with E-state index < -0.39 is 5.97 Å². The maximum absolute atomic E-state index is 10.6. The zero-order valence-corrected chi connectivity index (χ0v) is 12.7. The van der Waals surface area contributed by atoms with Crippen LogP contribution in [0, 0.1) is 0 Å². The minimum Gasteiger partial charge on any atom is -0.481 e. The first-order chi connectivity index (χ1) is 10.1. The summed E-state index contributed by atoms with van der Waals surface area (Å²) < 4.78 is 1.80. The standard InChI is InChI=1S/C13H17N5O2S/c1-17(8-6-10-5-3-4-7-14-10)12-15-16-13(18(12)2)21-9-11(19)20/h3-5,7H,6,8-9H2,1-2H3,(H,19,20). The summed E-state index contributed by atoms with van der Waals surface area (Å²) in [6.45, 7) is 0.757. The number of hydrogen-bond acceptors (Lipinski definition) is 6. The second-order valence-electron chi connectivity index (χ2n) is 4.52. The molecule has 21 heavy (non-hydrogen) atoms. The Labute approximate surface area is 127 Å². The normalized spacial score (nSPS) is 10.6. The van der Waals surface area contributed by atoms with Crippen molar-refractivity contribution in [2.75, 3.05) is 24.2 Å². The van der Waals surface area contributed by atoms with Crippen molar-refractivity contribution in [1.29, 1.82) is 0 Å². The van der Waals surface area contributed by atoms with Crippen LogP contribution in [0.2, 0.25) is 0 Å². The monoisotopic (exact) mass is 307 g/mol. The van der Waals surface area contributed by atoms with Gasteiger partial charge < -0.3 is 10.0 Å². The number of hydrogen-bond donors (Lipinski definition) is 1. The molecule has 8 heteroatoms. The van der Waals surface area contributed by atoms with Crippen LogP contribution in [0.3, 0.4) is 0 Å². The highest BCUT2D eigenvalue weighted by Gasteiger charge is 2.14. The van der Waals surface area contributed by atoms with Gasteiger partial charge in [-0.15, -0.1) is 10.2 Å². The Balaban J connectivity index is 1.96. The summed E-state index contributed by atoms with van der Waals surface area (Å²) in [5.74, 6) is -0.184. The lowest BCUT2D eigenvalue weighted by Gasteiger charge is -2.17. The number of aromatic nitrogens is 4. The van der Waals surface area contributed by atoms with E-state index in [4.69, 9.17) is 5.11 Å². The van der Waals surface area contributed by atoms with Crippen molar-refractivity contribution in [3.05, 3.63) is 30.1 Å². The number of aliphatic carboxylic acids is 1. The fourth-order valence-corrected chi connectivity index (χ4v) is 2.45. The highest BCUT2D eigenvalue weighted by molar-refractivity contribution is 7.99. The Morgan fingerprint density at radius 3 is 2.90 bits per heavy atom. The van der Waals surface area contributed by atoms with Crippen molar-refractivity contribution in [2.24, 2.45) is 7.05 Å². The van der Waals surface area contributed by atoms with Crippen LogP contribution in [-0.4, -0.2) is 50.2 Å². The highest BCUT2D eigenvalue weighted by Crippen LogP contribution is 2.19. The summed E-state index contributed by atoms with van der Waals surface area (Å²) >= 11 is 1.16. The van der Waals surface area contributed by atoms with Gasteiger partial charge in [0.15, 0.2) is 5.16 Å². The third kappa shape index (κ3) is 4.19. The SMILES string of the molecule is CN(CCc1ccccn1)c1nnc(SCC(=O)O)n1C. The molecule has 0 aliphatic carbocycles. The molecule has 0 radical (unpaired) electrons. The van der Waals surface area contributed by atoms with Gasteiger partial charge >= 0.3 is 5.97 Å². The molecule has 112 valence electrons. The first-order valence-electron chi connectivity index (χ1n) is 6.43. The van der Waals surface area contributed by atoms with Gasteiger partial charge in [-0.1, -0.05) is 17.8 Å². The number of anilines is 1. The molecule has 0 saturated carbocycles. The Bertz CT molecular complexity index is 602. The molecular weight excluding hydrogens is 290 g/mol. The first kappa shape index (κ1) is 15.3. The van der Waals surface area contributed by atoms with Crippen molar-refractivity contribution in [3.63, 3.8) is 0 Å². The summed E-state index contributed by atoms with van der Waals surface area (Å²) in [5.41, 5.74) is 1.02. The number of likely N-dealkylation sites (N-methyl/N-ethyl adjacent to an activating group) is 1. The van der Waals surface area contributed by atoms with Gasteiger partial charge in [-0.25, -0.2) is 0 Å². The number of pyridine rings is 1. The zero-order chi connectivity index (χ0) is 15.2. The molecule has 0 aromatic carbocycles. The van der Waals surface area contributed by atoms with Gasteiger partial charge in [0, 0.05) is 39.0 Å². The molecule has 2 rings (SSSR count). The van der Waals surface area contributed by atoms with E-state index in [0.29, 0.717) is 11.1 Å². The summed E-state index contributed by atoms with van der Waals surface area (Å²) in [6.07, 6.45) is 2.58. The molecule has 2 aromatic rings. The molecule has 2 aromatic heterocycles. The zero-order valence-electron chi connectivity index (χ0n) is 11.9. The summed E-state index contributed by atoms with van der Waals surface area (Å²) in [5, 5.41) is 17.4. The van der Waals surface area contributed by atoms with Gasteiger partial charge in [-0.3, -0.25) is 14.3 Å². The van der Waals surface area contributed by atoms with Gasteiger partial charge in [-0.05, 0) is 12.1 Å². The van der Waals surface area contributed by atoms with Crippen LogP contribution in [0.25, 0.3) is 0 Å². The van der Waals surface area contributed by atoms with Gasteiger partial charge in [0.25, 0.3) is 0 Å². The van der Waals surface area contributed by atoms with Crippen molar-refractivity contribution in [3.8, 4) is 0 Å². The smallest absolute Gasteiger partial charge is 0.313 e. The van der Waals surface area contributed by atoms with E-state index >= 15 is 0 Å². The lowest BCUT2D eigenvalue weighted by atomic mass is 10.2. The molecule has 1 N–H and O–H groups in total. The molecule has 2 heterocycles. The van der Waals surface area contributed by atoms with Gasteiger partial charge in [0.05, 0.1) is 5.75 Å². The Hall–Kier alpha value is -2.09. The molecule has 0 atom stereocenters. The third-order valence-electron chi connectivity index (χ3n) is 2.91. The predicted octanol–water partition coefficient (Wildman–Crippen LogP) is 1.07. The van der Waals surface area contributed by atoms with Crippen LogP contribution in [0.4, 0.5) is 5.95 Å². The Morgan fingerprint density at radius 1 is 1.43 bits per heavy atom. The van der Waals surface area contributed by atoms with E-state index in [1.165, 1.54) is 0 Å². The van der Waals surface area contributed by atoms with Gasteiger partial charge in [-0.2, -0.15) is 0 Å². The van der Waals surface area contributed by atoms with Crippen molar-refractivity contribution in [1.82, 2.24) is 19.7 Å². The molecular formula is C13H17N5O2S. The second-order valence-corrected chi connectivity index (χ2v) is 5.46. The van der Waals surface area contributed by atoms with Crippen LogP contribution in [-0.2, 0) is 18.3 Å². The third-order valence-corrected chi connectivity index (χ3v) is 3.91. The van der Waals surface area contributed by atoms with Crippen LogP contribution >= 0.6 is 11.8 Å². The fraction of sp³-hybridized carbons (Fsp3) is 0.385. The van der Waals surface area contributed by atoms with Crippen LogP contribution in [0.5, 0.6) is 0 Å². The number of thioether (sulfide) groups is 1. The highest BCUT2D eigenvalue weighted by atomic mass is 32.2. The lowest BCUT2D eigenvalue weighted by Crippen LogP contribution is -2.23. The van der Waals surface area contributed by atoms with E-state index in [-0.39, 0.29) is 5.75 Å². The number of carbonyl (C=O) groups is 1. The van der Waals surface area contributed by atoms with E-state index in [1.807, 2.05) is 37.2 Å². The number of nitrogens with zero attached hydrogens (tertiary/aromatic N) is 5. The van der Waals surface area contributed by atoms with E-state index in [0.717, 1.165) is 30.4 Å². The molecule has 0 fully saturated rings. The van der Waals surface area contributed by atoms with Crippen molar-refractivity contribution >= 4 is 23.7 Å². The number of carboxylic acid groups (broad SMARTS) is 1. The first-order valence-corrected chi connectivity index (χ1v) is 7.41. The van der Waals surface area contributed by atoms with Crippen LogP contribution in [0.15, 0.2) is 29.6 Å². The average molecular weight is 307 g/mol. The molecule has 0 saturated heterocycles. The predicted molar refractivity (Wildman–Crippen MR) is 80.6 cm³/mol. The molecule has 0 unspecified atom stereocenters. The fourth-order valence-electron chi connectivity index (χ4n) is 1.82. The summed E-state index contributed by atoms with van der Waals surface area (Å²) in [6, 6.07) is 5.84. The number of rotatable bonds is 7. The lowest BCUT2D eigenvalue weighted by molar-refractivity contribution is -0.133. The molecule has 0 aliphatic rings. The molecule has 0 aliphatic heterocycles. The molecule has 0 bridgehead atoms. The van der Waals surface area contributed by atoms with E-state index in [9.17, 15) is 4.79 Å². The minimum absolute atomic E-state index is 0.0242. The van der Waals surface area contributed by atoms with E-state index in [2.05, 4.69) is 15.2 Å². The topological polar surface area (TPSA) is 84.1 Å². The molecule has 7 nitrogen and oxygen atoms in total. The van der Waals surface area contributed by atoms with Crippen molar-refractivity contribution in [2.45, 2.75) is 11.6 Å². The van der Waals surface area contributed by atoms with E-state index in [1.54, 1.807) is 10.8 Å². The Kier molecular flexibility index (Phi) is 5.15. The number of carboxylic acids is 1. The maximum Gasteiger partial charge on any atom is 0.313 e. The largest absolute Gasteiger partial charge is 0.481 e. The minimum atomic E-state index is -0.868. The summed E-state index contributed by atoms with van der Waals surface area (Å²) in [7, 11) is 3.76. The molecule has 0 spiro atoms. The summed E-state index contributed by atoms with van der Waals surface area (Å²) in [4.78, 5) is 16.8. The quantitative estimate of drug-likeness (QED) is 0.766. The van der Waals surface area contributed by atoms with Gasteiger partial charge in [0.2, 0.25) is 5.95 Å². The Morgan fingerprint density at radius 2 is 2.24 bits per heavy atom. The molecule has 0 amide bonds. The van der Waals surface area contributed by atoms with Crippen molar-refractivity contribution < 1.29 is 9.90 Å². The maximum atomic E-state index is 10.6. The van der Waals surface area contributed by atoms with Crippen LogP contribution in [0.1, 0.15) is 5.69 Å².